The molecule has 0 radical (unpaired) electrons. The van der Waals surface area contributed by atoms with Crippen LogP contribution in [-0.2, 0) is 18.0 Å². The Morgan fingerprint density at radius 1 is 0.980 bits per heavy atom. The quantitative estimate of drug-likeness (QED) is 0.176. The van der Waals surface area contributed by atoms with Gasteiger partial charge in [0.15, 0.2) is 0 Å². The molecule has 262 valence electrons. The predicted molar refractivity (Wildman–Crippen MR) is 205 cm³/mol. The number of methoxy groups -OCH3 is 1. The van der Waals surface area contributed by atoms with Crippen molar-refractivity contribution in [3.8, 4) is 17.0 Å². The summed E-state index contributed by atoms with van der Waals surface area (Å²) in [6.07, 6.45) is 4.96. The van der Waals surface area contributed by atoms with Crippen LogP contribution in [0.25, 0.3) is 11.3 Å². The molecule has 13 heteroatoms. The minimum Gasteiger partial charge on any atom is -0.494 e. The molecule has 6 rings (SSSR count). The lowest BCUT2D eigenvalue weighted by atomic mass is 9.99. The number of likely N-dealkylation sites (N-methyl/N-ethyl adjacent to an activating group) is 1. The standard InChI is InChI=1S/C36H49BrN9O2P/c1-8-25-20-31(33(48-5)22-32(25)46-13-11-27(12-14-46)45-17-15-43(3)16-18-45)40-36-38-23-28(37)35(41-36)39-29-10-9-26(21-34(29)49(6,7)47)30-19-24(2)44(4)42-30/h9-10,19-23,27H,8,11-18H2,1-7H3,(H2,38,39,40,41). The number of hydrogen-bond acceptors (Lipinski definition) is 10. The minimum absolute atomic E-state index is 0.421. The molecule has 49 heavy (non-hydrogen) atoms. The van der Waals surface area contributed by atoms with E-state index >= 15 is 0 Å². The van der Waals surface area contributed by atoms with Crippen LogP contribution in [0.4, 0.5) is 28.8 Å². The van der Waals surface area contributed by atoms with Gasteiger partial charge in [0.05, 0.1) is 28.7 Å². The van der Waals surface area contributed by atoms with Crippen molar-refractivity contribution in [2.75, 3.05) is 82.3 Å². The minimum atomic E-state index is -2.67. The molecule has 2 aromatic carbocycles. The fourth-order valence-corrected chi connectivity index (χ4v) is 8.27. The number of nitrogens with one attached hydrogen (secondary N) is 2. The Kier molecular flexibility index (Phi) is 10.7. The normalized spacial score (nSPS) is 16.6. The Balaban J connectivity index is 1.21. The second-order valence-corrected chi connectivity index (χ2v) is 17.6. The van der Waals surface area contributed by atoms with Crippen LogP contribution in [0.5, 0.6) is 5.75 Å². The molecule has 2 aliphatic rings. The Morgan fingerprint density at radius 2 is 1.71 bits per heavy atom. The second kappa shape index (κ2) is 14.8. The SMILES string of the molecule is CCc1cc(Nc2ncc(Br)c(Nc3ccc(-c4cc(C)n(C)n4)cc3P(C)(C)=O)n2)c(OC)cc1N1CCC(N2CCN(C)CC2)CC1. The summed E-state index contributed by atoms with van der Waals surface area (Å²) >= 11 is 3.61. The molecule has 0 atom stereocenters. The first-order valence-electron chi connectivity index (χ1n) is 17.1. The van der Waals surface area contributed by atoms with Crippen molar-refractivity contribution in [1.29, 1.82) is 0 Å². The van der Waals surface area contributed by atoms with Crippen LogP contribution in [0.3, 0.4) is 0 Å². The van der Waals surface area contributed by atoms with E-state index in [1.165, 1.54) is 37.2 Å². The second-order valence-electron chi connectivity index (χ2n) is 13.6. The van der Waals surface area contributed by atoms with Crippen molar-refractivity contribution in [3.05, 3.63) is 58.3 Å². The van der Waals surface area contributed by atoms with E-state index in [-0.39, 0.29) is 0 Å². The van der Waals surface area contributed by atoms with Gasteiger partial charge in [-0.1, -0.05) is 13.0 Å². The molecule has 2 aromatic heterocycles. The molecule has 2 N–H and O–H groups in total. The van der Waals surface area contributed by atoms with Crippen molar-refractivity contribution in [2.24, 2.45) is 7.05 Å². The van der Waals surface area contributed by atoms with Gasteiger partial charge in [0.2, 0.25) is 5.95 Å². The summed E-state index contributed by atoms with van der Waals surface area (Å²) in [5.41, 5.74) is 6.84. The molecule has 0 bridgehead atoms. The van der Waals surface area contributed by atoms with Crippen LogP contribution in [0.15, 0.2) is 47.1 Å². The highest BCUT2D eigenvalue weighted by Crippen LogP contribution is 2.41. The maximum absolute atomic E-state index is 13.5. The van der Waals surface area contributed by atoms with Gasteiger partial charge in [-0.3, -0.25) is 9.58 Å². The fraction of sp³-hybridized carbons (Fsp3) is 0.472. The smallest absolute Gasteiger partial charge is 0.229 e. The third-order valence-electron chi connectivity index (χ3n) is 9.87. The Hall–Kier alpha value is -3.44. The number of anilines is 5. The molecule has 4 heterocycles. The number of hydrogen-bond donors (Lipinski definition) is 2. The van der Waals surface area contributed by atoms with Crippen LogP contribution in [0, 0.1) is 6.92 Å². The first-order valence-corrected chi connectivity index (χ1v) is 20.5. The summed E-state index contributed by atoms with van der Waals surface area (Å²) in [6.45, 7) is 14.5. The lowest BCUT2D eigenvalue weighted by Gasteiger charge is -2.43. The number of halogens is 1. The van der Waals surface area contributed by atoms with Gasteiger partial charge in [0.25, 0.3) is 0 Å². The molecule has 0 spiro atoms. The van der Waals surface area contributed by atoms with Crippen LogP contribution in [0.1, 0.15) is 31.0 Å². The Morgan fingerprint density at radius 3 is 2.35 bits per heavy atom. The Bertz CT molecular complexity index is 1820. The number of aromatic nitrogens is 4. The highest BCUT2D eigenvalue weighted by atomic mass is 79.9. The van der Waals surface area contributed by atoms with E-state index in [1.54, 1.807) is 26.6 Å². The van der Waals surface area contributed by atoms with Crippen LogP contribution < -0.4 is 25.6 Å². The zero-order valence-corrected chi connectivity index (χ0v) is 32.2. The molecule has 2 saturated heterocycles. The van der Waals surface area contributed by atoms with Crippen molar-refractivity contribution >= 4 is 57.2 Å². The number of nitrogens with zero attached hydrogens (tertiary/aromatic N) is 7. The van der Waals surface area contributed by atoms with Crippen LogP contribution >= 0.6 is 23.1 Å². The van der Waals surface area contributed by atoms with Crippen LogP contribution in [0.2, 0.25) is 0 Å². The van der Waals surface area contributed by atoms with Gasteiger partial charge in [-0.2, -0.15) is 10.1 Å². The van der Waals surface area contributed by atoms with Gasteiger partial charge in [-0.15, -0.1) is 0 Å². The van der Waals surface area contributed by atoms with Gasteiger partial charge in [-0.05, 0) is 92.3 Å². The fourth-order valence-electron chi connectivity index (χ4n) is 6.82. The monoisotopic (exact) mass is 749 g/mol. The number of piperazine rings is 1. The molecule has 0 unspecified atom stereocenters. The molecule has 0 aliphatic carbocycles. The van der Waals surface area contributed by atoms with Gasteiger partial charge >= 0.3 is 0 Å². The number of benzene rings is 2. The molecule has 2 aliphatic heterocycles. The topological polar surface area (TPSA) is 104 Å². The van der Waals surface area contributed by atoms with Gasteiger partial charge in [0, 0.05) is 86.9 Å². The van der Waals surface area contributed by atoms with E-state index in [2.05, 4.69) is 77.5 Å². The molecular weight excluding hydrogens is 701 g/mol. The molecular formula is C36H49BrN9O2P. The van der Waals surface area contributed by atoms with Crippen molar-refractivity contribution in [1.82, 2.24) is 29.5 Å². The van der Waals surface area contributed by atoms with E-state index in [9.17, 15) is 4.57 Å². The Labute approximate surface area is 298 Å². The maximum atomic E-state index is 13.5. The van der Waals surface area contributed by atoms with Crippen molar-refractivity contribution < 1.29 is 9.30 Å². The lowest BCUT2D eigenvalue weighted by molar-refractivity contribution is 0.0982. The number of piperidine rings is 1. The lowest BCUT2D eigenvalue weighted by Crippen LogP contribution is -2.52. The highest BCUT2D eigenvalue weighted by molar-refractivity contribution is 9.10. The molecule has 0 saturated carbocycles. The van der Waals surface area contributed by atoms with Crippen molar-refractivity contribution in [3.63, 3.8) is 0 Å². The van der Waals surface area contributed by atoms with Gasteiger partial charge in [0.1, 0.15) is 18.7 Å². The molecule has 11 nitrogen and oxygen atoms in total. The first-order chi connectivity index (χ1) is 23.4. The summed E-state index contributed by atoms with van der Waals surface area (Å²) < 4.78 is 21.9. The number of ether oxygens (including phenoxy) is 1. The molecule has 0 amide bonds. The predicted octanol–water partition coefficient (Wildman–Crippen LogP) is 6.47. The first kappa shape index (κ1) is 35.4. The summed E-state index contributed by atoms with van der Waals surface area (Å²) in [6, 6.07) is 12.9. The zero-order chi connectivity index (χ0) is 34.9. The largest absolute Gasteiger partial charge is 0.494 e. The van der Waals surface area contributed by atoms with E-state index in [0.717, 1.165) is 72.0 Å². The van der Waals surface area contributed by atoms with E-state index in [4.69, 9.17) is 9.72 Å². The van der Waals surface area contributed by atoms with Gasteiger partial charge in [-0.25, -0.2) is 4.98 Å². The zero-order valence-electron chi connectivity index (χ0n) is 29.8. The third-order valence-corrected chi connectivity index (χ3v) is 12.0. The van der Waals surface area contributed by atoms with E-state index in [1.807, 2.05) is 42.9 Å². The van der Waals surface area contributed by atoms with Crippen molar-refractivity contribution in [2.45, 2.75) is 39.2 Å². The highest BCUT2D eigenvalue weighted by Gasteiger charge is 2.28. The van der Waals surface area contributed by atoms with Crippen LogP contribution in [-0.4, -0.2) is 102 Å². The van der Waals surface area contributed by atoms with E-state index < -0.39 is 7.14 Å². The summed E-state index contributed by atoms with van der Waals surface area (Å²) in [5, 5.41) is 12.2. The number of aryl methyl sites for hydroxylation is 3. The summed E-state index contributed by atoms with van der Waals surface area (Å²) in [4.78, 5) is 17.0. The average molecular weight is 751 g/mol. The average Bonchev–Trinajstić information content (AvgIpc) is 3.43. The van der Waals surface area contributed by atoms with E-state index in [0.29, 0.717) is 22.3 Å². The molecule has 2 fully saturated rings. The summed E-state index contributed by atoms with van der Waals surface area (Å²) in [5.74, 6) is 1.73. The summed E-state index contributed by atoms with van der Waals surface area (Å²) in [7, 11) is 3.17. The third kappa shape index (κ3) is 7.98. The van der Waals surface area contributed by atoms with Gasteiger partial charge < -0.3 is 29.7 Å². The number of rotatable bonds is 10. The maximum Gasteiger partial charge on any atom is 0.229 e. The molecule has 4 aromatic rings.